The lowest BCUT2D eigenvalue weighted by Crippen LogP contribution is -2.38. The Kier molecular flexibility index (Phi) is 4.46. The Labute approximate surface area is 169 Å². The molecule has 0 spiro atoms. The summed E-state index contributed by atoms with van der Waals surface area (Å²) in [4.78, 5) is 27.4. The van der Waals surface area contributed by atoms with Gasteiger partial charge in [-0.3, -0.25) is 4.90 Å². The third-order valence-electron chi connectivity index (χ3n) is 5.95. The molecule has 2 amide bonds. The summed E-state index contributed by atoms with van der Waals surface area (Å²) in [6, 6.07) is 9.82. The van der Waals surface area contributed by atoms with Crippen LogP contribution in [0.4, 0.5) is 15.3 Å². The van der Waals surface area contributed by atoms with E-state index in [1.807, 2.05) is 32.9 Å². The van der Waals surface area contributed by atoms with Gasteiger partial charge in [-0.1, -0.05) is 12.1 Å². The molecule has 8 heteroatoms. The number of likely N-dealkylation sites (tertiary alicyclic amines) is 1. The Balaban J connectivity index is 1.45. The van der Waals surface area contributed by atoms with E-state index in [4.69, 9.17) is 9.47 Å². The van der Waals surface area contributed by atoms with E-state index in [2.05, 4.69) is 6.07 Å². The molecule has 4 atom stereocenters. The van der Waals surface area contributed by atoms with E-state index in [9.17, 15) is 20.0 Å². The molecule has 1 aliphatic carbocycles. The molecule has 0 bridgehead atoms. The summed E-state index contributed by atoms with van der Waals surface area (Å²) >= 11 is 0. The van der Waals surface area contributed by atoms with Gasteiger partial charge in [-0.05, 0) is 38.5 Å². The van der Waals surface area contributed by atoms with E-state index in [1.54, 1.807) is 17.0 Å². The molecule has 0 aromatic heterocycles. The highest BCUT2D eigenvalue weighted by atomic mass is 16.6. The van der Waals surface area contributed by atoms with Crippen LogP contribution in [0.25, 0.3) is 0 Å². The molecule has 3 fully saturated rings. The Bertz CT molecular complexity index is 858. The summed E-state index contributed by atoms with van der Waals surface area (Å²) in [5.41, 5.74) is 0.423. The standard InChI is InChI=1S/C21H25N3O5/c1-20(2,3)29-18(26)23-9-16-17(10-23)21(16,12-22)13-4-6-14(7-5-13)24-8-15(11-25)28-19(24)27/h4-7,15-17,25H,8-11H2,1-3H3/t15-,16-,17+,21?/m1/s1. The maximum absolute atomic E-state index is 12.3. The molecule has 4 rings (SSSR count). The van der Waals surface area contributed by atoms with Gasteiger partial charge >= 0.3 is 12.2 Å². The minimum atomic E-state index is -0.601. The van der Waals surface area contributed by atoms with E-state index in [0.29, 0.717) is 25.3 Å². The zero-order valence-corrected chi connectivity index (χ0v) is 16.8. The molecule has 0 radical (unpaired) electrons. The summed E-state index contributed by atoms with van der Waals surface area (Å²) in [6.45, 7) is 6.60. The quantitative estimate of drug-likeness (QED) is 0.836. The molecule has 2 saturated heterocycles. The summed E-state index contributed by atoms with van der Waals surface area (Å²) in [6.07, 6.45) is -1.34. The predicted molar refractivity (Wildman–Crippen MR) is 103 cm³/mol. The molecule has 8 nitrogen and oxygen atoms in total. The van der Waals surface area contributed by atoms with Crippen LogP contribution >= 0.6 is 0 Å². The first-order valence-electron chi connectivity index (χ1n) is 9.78. The van der Waals surface area contributed by atoms with Crippen LogP contribution < -0.4 is 4.90 Å². The Morgan fingerprint density at radius 2 is 1.90 bits per heavy atom. The maximum atomic E-state index is 12.3. The van der Waals surface area contributed by atoms with Crippen LogP contribution in [-0.2, 0) is 14.9 Å². The number of benzene rings is 1. The topological polar surface area (TPSA) is 103 Å². The van der Waals surface area contributed by atoms with Crippen LogP contribution in [0.2, 0.25) is 0 Å². The molecule has 1 N–H and O–H groups in total. The first-order valence-corrected chi connectivity index (χ1v) is 9.78. The van der Waals surface area contributed by atoms with Crippen LogP contribution in [0.15, 0.2) is 24.3 Å². The maximum Gasteiger partial charge on any atom is 0.414 e. The number of hydrogen-bond donors (Lipinski definition) is 1. The SMILES string of the molecule is CC(C)(C)OC(=O)N1C[C@@H]2[C@H](C1)C2(C#N)c1ccc(N2C[C@H](CO)OC2=O)cc1. The van der Waals surface area contributed by atoms with Gasteiger partial charge in [0.2, 0.25) is 0 Å². The number of carbonyl (C=O) groups is 2. The number of nitrogens with zero attached hydrogens (tertiary/aromatic N) is 3. The molecule has 2 aliphatic heterocycles. The van der Waals surface area contributed by atoms with Crippen molar-refractivity contribution in [1.29, 1.82) is 5.26 Å². The number of rotatable bonds is 3. The van der Waals surface area contributed by atoms with Crippen LogP contribution in [0.5, 0.6) is 0 Å². The minimum Gasteiger partial charge on any atom is -0.444 e. The third kappa shape index (κ3) is 3.19. The number of anilines is 1. The molecule has 1 aromatic carbocycles. The van der Waals surface area contributed by atoms with Gasteiger partial charge in [0.05, 0.1) is 24.6 Å². The summed E-state index contributed by atoms with van der Waals surface area (Å²) in [7, 11) is 0. The van der Waals surface area contributed by atoms with Crippen molar-refractivity contribution in [2.24, 2.45) is 11.8 Å². The predicted octanol–water partition coefficient (Wildman–Crippen LogP) is 2.26. The highest BCUT2D eigenvalue weighted by Gasteiger charge is 2.70. The first-order chi connectivity index (χ1) is 13.7. The summed E-state index contributed by atoms with van der Waals surface area (Å²) < 4.78 is 10.5. The van der Waals surface area contributed by atoms with Gasteiger partial charge in [0.25, 0.3) is 0 Å². The molecular weight excluding hydrogens is 374 g/mol. The lowest BCUT2D eigenvalue weighted by Gasteiger charge is -2.27. The number of nitriles is 1. The second-order valence-corrected chi connectivity index (χ2v) is 8.92. The zero-order valence-electron chi connectivity index (χ0n) is 16.8. The minimum absolute atomic E-state index is 0.0846. The van der Waals surface area contributed by atoms with Crippen molar-refractivity contribution < 1.29 is 24.2 Å². The lowest BCUT2D eigenvalue weighted by atomic mass is 9.91. The van der Waals surface area contributed by atoms with Gasteiger partial charge in [-0.15, -0.1) is 0 Å². The molecule has 154 valence electrons. The van der Waals surface area contributed by atoms with Gasteiger partial charge in [0.15, 0.2) is 0 Å². The van der Waals surface area contributed by atoms with E-state index in [1.165, 1.54) is 4.90 Å². The van der Waals surface area contributed by atoms with Crippen LogP contribution in [-0.4, -0.2) is 60.1 Å². The monoisotopic (exact) mass is 399 g/mol. The van der Waals surface area contributed by atoms with E-state index in [0.717, 1.165) is 5.56 Å². The molecule has 29 heavy (non-hydrogen) atoms. The van der Waals surface area contributed by atoms with Gasteiger partial charge in [-0.2, -0.15) is 5.26 Å². The number of cyclic esters (lactones) is 1. The number of carbonyl (C=O) groups excluding carboxylic acids is 2. The highest BCUT2D eigenvalue weighted by Crippen LogP contribution is 2.63. The van der Waals surface area contributed by atoms with Crippen LogP contribution in [0, 0.1) is 23.2 Å². The van der Waals surface area contributed by atoms with Gasteiger partial charge < -0.3 is 19.5 Å². The summed E-state index contributed by atoms with van der Waals surface area (Å²) in [5.74, 6) is 0.169. The Morgan fingerprint density at radius 1 is 1.28 bits per heavy atom. The molecule has 1 unspecified atom stereocenters. The van der Waals surface area contributed by atoms with E-state index < -0.39 is 23.2 Å². The number of piperidine rings is 1. The van der Waals surface area contributed by atoms with Gasteiger partial charge in [-0.25, -0.2) is 9.59 Å². The molecule has 3 aliphatic rings. The van der Waals surface area contributed by atoms with Crippen molar-refractivity contribution in [3.05, 3.63) is 29.8 Å². The fourth-order valence-corrected chi connectivity index (χ4v) is 4.51. The number of fused-ring (bicyclic) bond motifs is 1. The number of ether oxygens (including phenoxy) is 2. The van der Waals surface area contributed by atoms with Crippen molar-refractivity contribution in [3.8, 4) is 6.07 Å². The molecule has 1 aromatic rings. The van der Waals surface area contributed by atoms with Crippen LogP contribution in [0.1, 0.15) is 26.3 Å². The Morgan fingerprint density at radius 3 is 2.38 bits per heavy atom. The largest absolute Gasteiger partial charge is 0.444 e. The van der Waals surface area contributed by atoms with Crippen molar-refractivity contribution in [3.63, 3.8) is 0 Å². The first kappa shape index (κ1) is 19.5. The fourth-order valence-electron chi connectivity index (χ4n) is 4.51. The van der Waals surface area contributed by atoms with E-state index in [-0.39, 0.29) is 24.5 Å². The average Bonchev–Trinajstić information content (AvgIpc) is 2.99. The number of aliphatic hydroxyl groups excluding tert-OH is 1. The molecule has 2 heterocycles. The number of amides is 2. The Hall–Kier alpha value is -2.79. The molecule has 1 saturated carbocycles. The van der Waals surface area contributed by atoms with Crippen molar-refractivity contribution in [2.45, 2.75) is 37.9 Å². The van der Waals surface area contributed by atoms with E-state index >= 15 is 0 Å². The normalized spacial score (nSPS) is 30.6. The van der Waals surface area contributed by atoms with Crippen molar-refractivity contribution >= 4 is 17.9 Å². The fraction of sp³-hybridized carbons (Fsp3) is 0.571. The van der Waals surface area contributed by atoms with Crippen LogP contribution in [0.3, 0.4) is 0 Å². The molecular formula is C21H25N3O5. The van der Waals surface area contributed by atoms with Gasteiger partial charge in [0.1, 0.15) is 11.7 Å². The zero-order chi connectivity index (χ0) is 21.0. The third-order valence-corrected chi connectivity index (χ3v) is 5.95. The smallest absolute Gasteiger partial charge is 0.414 e. The highest BCUT2D eigenvalue weighted by molar-refractivity contribution is 5.89. The van der Waals surface area contributed by atoms with Gasteiger partial charge in [0, 0.05) is 30.6 Å². The lowest BCUT2D eigenvalue weighted by molar-refractivity contribution is 0.0266. The van der Waals surface area contributed by atoms with Crippen molar-refractivity contribution in [2.75, 3.05) is 31.1 Å². The summed E-state index contributed by atoms with van der Waals surface area (Å²) in [5, 5.41) is 19.1. The average molecular weight is 399 g/mol. The number of hydrogen-bond acceptors (Lipinski definition) is 6. The van der Waals surface area contributed by atoms with Crippen molar-refractivity contribution in [1.82, 2.24) is 4.90 Å². The second kappa shape index (κ2) is 6.63. The number of aliphatic hydroxyl groups is 1. The second-order valence-electron chi connectivity index (χ2n) is 8.92.